The lowest BCUT2D eigenvalue weighted by Gasteiger charge is -2.12. The maximum Gasteiger partial charge on any atom is 0.340 e. The van der Waals surface area contributed by atoms with Crippen molar-refractivity contribution in [2.75, 3.05) is 17.7 Å². The lowest BCUT2D eigenvalue weighted by molar-refractivity contribution is 0.0527. The van der Waals surface area contributed by atoms with Crippen LogP contribution in [0.1, 0.15) is 22.8 Å². The number of aryl methyl sites for hydroxylation is 1. The summed E-state index contributed by atoms with van der Waals surface area (Å²) in [5.74, 6) is -0.0188. The zero-order chi connectivity index (χ0) is 15.4. The second-order valence-corrected chi connectivity index (χ2v) is 5.28. The number of esters is 1. The van der Waals surface area contributed by atoms with Crippen molar-refractivity contribution in [3.63, 3.8) is 0 Å². The van der Waals surface area contributed by atoms with Gasteiger partial charge in [-0.2, -0.15) is 0 Å². The van der Waals surface area contributed by atoms with Crippen LogP contribution in [0.5, 0.6) is 0 Å². The number of pyridine rings is 1. The number of anilines is 3. The highest BCUT2D eigenvalue weighted by molar-refractivity contribution is 9.10. The van der Waals surface area contributed by atoms with Gasteiger partial charge in [-0.15, -0.1) is 0 Å². The molecule has 0 saturated carbocycles. The molecule has 0 unspecified atom stereocenters. The lowest BCUT2D eigenvalue weighted by atomic mass is 10.2. The third kappa shape index (κ3) is 3.52. The van der Waals surface area contributed by atoms with Gasteiger partial charge in [-0.25, -0.2) is 9.78 Å². The van der Waals surface area contributed by atoms with Gasteiger partial charge >= 0.3 is 5.97 Å². The van der Waals surface area contributed by atoms with Gasteiger partial charge in [0.15, 0.2) is 5.82 Å². The van der Waals surface area contributed by atoms with Crippen molar-refractivity contribution < 1.29 is 9.53 Å². The topological polar surface area (TPSA) is 77.2 Å². The predicted octanol–water partition coefficient (Wildman–Crippen LogP) is 3.66. The Morgan fingerprint density at radius 2 is 2.19 bits per heavy atom. The Balaban J connectivity index is 2.30. The molecule has 0 aliphatic heterocycles. The van der Waals surface area contributed by atoms with E-state index in [2.05, 4.69) is 26.2 Å². The standard InChI is InChI=1S/C15H16BrN3O2/c1-3-21-15(20)11-6-7-18-14(13(11)17)19-10-4-5-12(16)9(2)8-10/h4-8H,3,17H2,1-2H3,(H,18,19). The zero-order valence-electron chi connectivity index (χ0n) is 11.8. The summed E-state index contributed by atoms with van der Waals surface area (Å²) >= 11 is 3.45. The fraction of sp³-hybridized carbons (Fsp3) is 0.200. The summed E-state index contributed by atoms with van der Waals surface area (Å²) in [7, 11) is 0. The van der Waals surface area contributed by atoms with Crippen LogP contribution < -0.4 is 11.1 Å². The van der Waals surface area contributed by atoms with Crippen LogP contribution in [0.4, 0.5) is 17.2 Å². The molecule has 1 heterocycles. The van der Waals surface area contributed by atoms with Gasteiger partial charge in [-0.3, -0.25) is 0 Å². The molecule has 0 aliphatic rings. The molecule has 1 aromatic carbocycles. The first-order valence-electron chi connectivity index (χ1n) is 6.47. The van der Waals surface area contributed by atoms with Crippen LogP contribution in [0.3, 0.4) is 0 Å². The van der Waals surface area contributed by atoms with E-state index in [0.717, 1.165) is 15.7 Å². The molecule has 1 aromatic heterocycles. The number of carbonyl (C=O) groups excluding carboxylic acids is 1. The molecule has 110 valence electrons. The molecular formula is C15H16BrN3O2. The number of nitrogens with one attached hydrogen (secondary N) is 1. The highest BCUT2D eigenvalue weighted by Gasteiger charge is 2.14. The molecule has 3 N–H and O–H groups in total. The molecule has 2 rings (SSSR count). The molecule has 0 spiro atoms. The number of hydrogen-bond donors (Lipinski definition) is 2. The second kappa shape index (κ2) is 6.58. The molecule has 5 nitrogen and oxygen atoms in total. The first-order valence-corrected chi connectivity index (χ1v) is 7.27. The number of hydrogen-bond acceptors (Lipinski definition) is 5. The number of carbonyl (C=O) groups is 1. The van der Waals surface area contributed by atoms with E-state index in [0.29, 0.717) is 18.0 Å². The molecule has 0 radical (unpaired) electrons. The van der Waals surface area contributed by atoms with Gasteiger partial charge in [0, 0.05) is 16.4 Å². The Morgan fingerprint density at radius 1 is 1.43 bits per heavy atom. The number of nitrogens with two attached hydrogens (primary N) is 1. The fourth-order valence-corrected chi connectivity index (χ4v) is 2.07. The van der Waals surface area contributed by atoms with Crippen LogP contribution in [-0.2, 0) is 4.74 Å². The van der Waals surface area contributed by atoms with Crippen molar-refractivity contribution in [2.45, 2.75) is 13.8 Å². The minimum Gasteiger partial charge on any atom is -0.462 e. The SMILES string of the molecule is CCOC(=O)c1ccnc(Nc2ccc(Br)c(C)c2)c1N. The molecule has 0 bridgehead atoms. The zero-order valence-corrected chi connectivity index (χ0v) is 13.4. The average Bonchev–Trinajstić information content (AvgIpc) is 2.45. The van der Waals surface area contributed by atoms with E-state index in [4.69, 9.17) is 10.5 Å². The van der Waals surface area contributed by atoms with Gasteiger partial charge < -0.3 is 15.8 Å². The van der Waals surface area contributed by atoms with Crippen molar-refractivity contribution in [1.29, 1.82) is 0 Å². The minimum atomic E-state index is -0.451. The number of ether oxygens (including phenoxy) is 1. The molecule has 0 saturated heterocycles. The van der Waals surface area contributed by atoms with Crippen molar-refractivity contribution >= 4 is 39.1 Å². The van der Waals surface area contributed by atoms with Crippen LogP contribution >= 0.6 is 15.9 Å². The first kappa shape index (κ1) is 15.3. The van der Waals surface area contributed by atoms with E-state index in [1.807, 2.05) is 25.1 Å². The largest absolute Gasteiger partial charge is 0.462 e. The summed E-state index contributed by atoms with van der Waals surface area (Å²) in [6, 6.07) is 7.34. The number of halogens is 1. The Labute approximate surface area is 131 Å². The van der Waals surface area contributed by atoms with Gasteiger partial charge in [0.2, 0.25) is 0 Å². The Hall–Kier alpha value is -2.08. The minimum absolute atomic E-state index is 0.275. The summed E-state index contributed by atoms with van der Waals surface area (Å²) in [5, 5.41) is 3.11. The Morgan fingerprint density at radius 3 is 2.86 bits per heavy atom. The summed E-state index contributed by atoms with van der Waals surface area (Å²) in [6.07, 6.45) is 1.52. The molecule has 6 heteroatoms. The summed E-state index contributed by atoms with van der Waals surface area (Å²) in [6.45, 7) is 4.04. The smallest absolute Gasteiger partial charge is 0.340 e. The van der Waals surface area contributed by atoms with Gasteiger partial charge in [0.05, 0.1) is 17.9 Å². The third-order valence-corrected chi connectivity index (χ3v) is 3.80. The number of nitrogen functional groups attached to an aromatic ring is 1. The fourth-order valence-electron chi connectivity index (χ4n) is 1.82. The van der Waals surface area contributed by atoms with Gasteiger partial charge in [0.1, 0.15) is 0 Å². The second-order valence-electron chi connectivity index (χ2n) is 4.43. The van der Waals surface area contributed by atoms with E-state index in [9.17, 15) is 4.79 Å². The number of nitrogens with zero attached hydrogens (tertiary/aromatic N) is 1. The maximum absolute atomic E-state index is 11.8. The average molecular weight is 350 g/mol. The number of aromatic nitrogens is 1. The van der Waals surface area contributed by atoms with E-state index in [-0.39, 0.29) is 5.69 Å². The van der Waals surface area contributed by atoms with Crippen LogP contribution in [-0.4, -0.2) is 17.6 Å². The van der Waals surface area contributed by atoms with Crippen molar-refractivity contribution in [2.24, 2.45) is 0 Å². The molecule has 0 amide bonds. The quantitative estimate of drug-likeness (QED) is 0.823. The Kier molecular flexibility index (Phi) is 4.80. The van der Waals surface area contributed by atoms with Gasteiger partial charge in [-0.1, -0.05) is 15.9 Å². The van der Waals surface area contributed by atoms with Gasteiger partial charge in [-0.05, 0) is 43.7 Å². The molecule has 2 aromatic rings. The monoisotopic (exact) mass is 349 g/mol. The number of rotatable bonds is 4. The van der Waals surface area contributed by atoms with Crippen LogP contribution in [0.25, 0.3) is 0 Å². The van der Waals surface area contributed by atoms with E-state index in [1.165, 1.54) is 6.20 Å². The molecular weight excluding hydrogens is 334 g/mol. The molecule has 0 atom stereocenters. The summed E-state index contributed by atoms with van der Waals surface area (Å²) < 4.78 is 5.99. The highest BCUT2D eigenvalue weighted by atomic mass is 79.9. The Bertz CT molecular complexity index is 674. The molecule has 0 aliphatic carbocycles. The first-order chi connectivity index (χ1) is 10.0. The summed E-state index contributed by atoms with van der Waals surface area (Å²) in [4.78, 5) is 16.0. The highest BCUT2D eigenvalue weighted by Crippen LogP contribution is 2.26. The van der Waals surface area contributed by atoms with Crippen molar-refractivity contribution in [3.8, 4) is 0 Å². The van der Waals surface area contributed by atoms with Gasteiger partial charge in [0.25, 0.3) is 0 Å². The normalized spacial score (nSPS) is 10.2. The van der Waals surface area contributed by atoms with E-state index >= 15 is 0 Å². The lowest BCUT2D eigenvalue weighted by Crippen LogP contribution is -2.10. The number of benzene rings is 1. The molecule has 21 heavy (non-hydrogen) atoms. The molecule has 0 fully saturated rings. The summed E-state index contributed by atoms with van der Waals surface area (Å²) in [5.41, 5.74) is 8.51. The van der Waals surface area contributed by atoms with E-state index < -0.39 is 5.97 Å². The van der Waals surface area contributed by atoms with Crippen molar-refractivity contribution in [1.82, 2.24) is 4.98 Å². The van der Waals surface area contributed by atoms with Crippen LogP contribution in [0, 0.1) is 6.92 Å². The maximum atomic E-state index is 11.8. The van der Waals surface area contributed by atoms with Crippen LogP contribution in [0.15, 0.2) is 34.9 Å². The van der Waals surface area contributed by atoms with Crippen molar-refractivity contribution in [3.05, 3.63) is 46.1 Å². The van der Waals surface area contributed by atoms with E-state index in [1.54, 1.807) is 13.0 Å². The third-order valence-electron chi connectivity index (χ3n) is 2.91. The predicted molar refractivity (Wildman–Crippen MR) is 86.8 cm³/mol. The van der Waals surface area contributed by atoms with Crippen LogP contribution in [0.2, 0.25) is 0 Å².